The first kappa shape index (κ1) is 12.1. The highest BCUT2D eigenvalue weighted by atomic mass is 16.2. The maximum absolute atomic E-state index is 11.9. The van der Waals surface area contributed by atoms with E-state index in [1.54, 1.807) is 0 Å². The van der Waals surface area contributed by atoms with Crippen LogP contribution < -0.4 is 10.6 Å². The first-order chi connectivity index (χ1) is 8.16. The van der Waals surface area contributed by atoms with E-state index in [4.69, 9.17) is 0 Å². The molecule has 1 aromatic rings. The van der Waals surface area contributed by atoms with Crippen LogP contribution in [0.25, 0.3) is 0 Å². The number of nitrogens with one attached hydrogen (secondary N) is 3. The summed E-state index contributed by atoms with van der Waals surface area (Å²) in [7, 11) is 0. The number of hydrogen-bond donors (Lipinski definition) is 3. The van der Waals surface area contributed by atoms with Crippen LogP contribution in [0.3, 0.4) is 0 Å². The lowest BCUT2D eigenvalue weighted by atomic mass is 10.1. The third kappa shape index (κ3) is 3.06. The molecule has 1 aliphatic heterocycles. The number of carbonyl (C=O) groups excluding carboxylic acids is 1. The highest BCUT2D eigenvalue weighted by molar-refractivity contribution is 5.92. The van der Waals surface area contributed by atoms with Crippen LogP contribution in [0.4, 0.5) is 0 Å². The summed E-state index contributed by atoms with van der Waals surface area (Å²) >= 11 is 0. The Bertz CT molecular complexity index is 380. The zero-order valence-electron chi connectivity index (χ0n) is 10.4. The number of hydrogen-bond acceptors (Lipinski definition) is 3. The third-order valence-corrected chi connectivity index (χ3v) is 3.08. The van der Waals surface area contributed by atoms with Crippen LogP contribution in [0.15, 0.2) is 6.07 Å². The highest BCUT2D eigenvalue weighted by Gasteiger charge is 2.18. The Balaban J connectivity index is 1.94. The summed E-state index contributed by atoms with van der Waals surface area (Å²) in [5.41, 5.74) is 1.48. The normalized spacial score (nSPS) is 20.5. The highest BCUT2D eigenvalue weighted by Crippen LogP contribution is 2.12. The Hall–Kier alpha value is -1.36. The Labute approximate surface area is 101 Å². The zero-order chi connectivity index (χ0) is 12.3. The summed E-state index contributed by atoms with van der Waals surface area (Å²) in [6.45, 7) is 6.04. The maximum Gasteiger partial charge on any atom is 0.272 e. The average Bonchev–Trinajstić information content (AvgIpc) is 2.79. The van der Waals surface area contributed by atoms with Crippen LogP contribution in [-0.2, 0) is 0 Å². The predicted molar refractivity (Wildman–Crippen MR) is 66.0 cm³/mol. The van der Waals surface area contributed by atoms with Gasteiger partial charge < -0.3 is 10.6 Å². The van der Waals surface area contributed by atoms with E-state index in [2.05, 4.69) is 34.7 Å². The van der Waals surface area contributed by atoms with Crippen LogP contribution in [0.1, 0.15) is 48.8 Å². The Kier molecular flexibility index (Phi) is 3.78. The minimum Gasteiger partial charge on any atom is -0.347 e. The van der Waals surface area contributed by atoms with Gasteiger partial charge in [-0.2, -0.15) is 5.10 Å². The first-order valence-corrected chi connectivity index (χ1v) is 6.23. The van der Waals surface area contributed by atoms with Gasteiger partial charge in [0.2, 0.25) is 0 Å². The number of aromatic nitrogens is 2. The Morgan fingerprint density at radius 1 is 1.59 bits per heavy atom. The first-order valence-electron chi connectivity index (χ1n) is 6.23. The number of H-pyrrole nitrogens is 1. The molecule has 3 N–H and O–H groups in total. The van der Waals surface area contributed by atoms with Gasteiger partial charge in [-0.1, -0.05) is 13.8 Å². The summed E-state index contributed by atoms with van der Waals surface area (Å²) < 4.78 is 0. The SMILES string of the molecule is CC(C)c1cc(C(=O)N[C@H]2CCCNC2)n[nH]1. The van der Waals surface area contributed by atoms with E-state index in [-0.39, 0.29) is 11.9 Å². The average molecular weight is 236 g/mol. The molecule has 0 saturated carbocycles. The fourth-order valence-corrected chi connectivity index (χ4v) is 1.98. The quantitative estimate of drug-likeness (QED) is 0.733. The summed E-state index contributed by atoms with van der Waals surface area (Å²) in [4.78, 5) is 11.9. The molecule has 0 aliphatic carbocycles. The fourth-order valence-electron chi connectivity index (χ4n) is 1.98. The van der Waals surface area contributed by atoms with Gasteiger partial charge >= 0.3 is 0 Å². The number of rotatable bonds is 3. The molecule has 5 heteroatoms. The number of piperidine rings is 1. The molecule has 94 valence electrons. The van der Waals surface area contributed by atoms with Gasteiger partial charge in [-0.3, -0.25) is 9.89 Å². The molecule has 0 spiro atoms. The van der Waals surface area contributed by atoms with Crippen molar-refractivity contribution >= 4 is 5.91 Å². The molecule has 1 atom stereocenters. The number of nitrogens with zero attached hydrogens (tertiary/aromatic N) is 1. The molecule has 0 radical (unpaired) electrons. The van der Waals surface area contributed by atoms with Crippen LogP contribution in [0, 0.1) is 0 Å². The van der Waals surface area contributed by atoms with E-state index < -0.39 is 0 Å². The van der Waals surface area contributed by atoms with E-state index in [1.165, 1.54) is 0 Å². The maximum atomic E-state index is 11.9. The van der Waals surface area contributed by atoms with Gasteiger partial charge in [-0.05, 0) is 31.4 Å². The molecular weight excluding hydrogens is 216 g/mol. The summed E-state index contributed by atoms with van der Waals surface area (Å²) in [6, 6.07) is 2.06. The number of carbonyl (C=O) groups is 1. The molecule has 17 heavy (non-hydrogen) atoms. The standard InChI is InChI=1S/C12H20N4O/c1-8(2)10-6-11(16-15-10)12(17)14-9-4-3-5-13-7-9/h6,8-9,13H,3-5,7H2,1-2H3,(H,14,17)(H,15,16)/t9-/m0/s1. The van der Waals surface area contributed by atoms with Crippen LogP contribution in [0.5, 0.6) is 0 Å². The van der Waals surface area contributed by atoms with Gasteiger partial charge in [-0.25, -0.2) is 0 Å². The van der Waals surface area contributed by atoms with Gasteiger partial charge in [0, 0.05) is 18.3 Å². The smallest absolute Gasteiger partial charge is 0.272 e. The third-order valence-electron chi connectivity index (χ3n) is 3.08. The second-order valence-electron chi connectivity index (χ2n) is 4.88. The molecule has 1 saturated heterocycles. The van der Waals surface area contributed by atoms with Crippen molar-refractivity contribution in [3.8, 4) is 0 Å². The minimum atomic E-state index is -0.0816. The van der Waals surface area contributed by atoms with E-state index in [1.807, 2.05) is 6.07 Å². The van der Waals surface area contributed by atoms with Crippen molar-refractivity contribution in [3.05, 3.63) is 17.5 Å². The lowest BCUT2D eigenvalue weighted by molar-refractivity contribution is 0.0925. The monoisotopic (exact) mass is 236 g/mol. The van der Waals surface area contributed by atoms with Crippen LogP contribution >= 0.6 is 0 Å². The summed E-state index contributed by atoms with van der Waals surface area (Å²) in [6.07, 6.45) is 2.16. The van der Waals surface area contributed by atoms with E-state index in [9.17, 15) is 4.79 Å². The molecule has 1 aromatic heterocycles. The molecule has 1 fully saturated rings. The van der Waals surface area contributed by atoms with Crippen molar-refractivity contribution in [2.75, 3.05) is 13.1 Å². The van der Waals surface area contributed by atoms with Crippen molar-refractivity contribution in [2.45, 2.75) is 38.6 Å². The topological polar surface area (TPSA) is 69.8 Å². The van der Waals surface area contributed by atoms with Crippen molar-refractivity contribution in [1.29, 1.82) is 0 Å². The second kappa shape index (κ2) is 5.31. The van der Waals surface area contributed by atoms with Crippen LogP contribution in [0.2, 0.25) is 0 Å². The van der Waals surface area contributed by atoms with Crippen molar-refractivity contribution in [2.24, 2.45) is 0 Å². The lowest BCUT2D eigenvalue weighted by Crippen LogP contribution is -2.45. The van der Waals surface area contributed by atoms with Gasteiger partial charge in [0.05, 0.1) is 0 Å². The van der Waals surface area contributed by atoms with Crippen LogP contribution in [-0.4, -0.2) is 35.2 Å². The molecule has 5 nitrogen and oxygen atoms in total. The van der Waals surface area contributed by atoms with Crippen molar-refractivity contribution in [3.63, 3.8) is 0 Å². The lowest BCUT2D eigenvalue weighted by Gasteiger charge is -2.23. The van der Waals surface area contributed by atoms with E-state index in [0.29, 0.717) is 11.6 Å². The molecule has 2 rings (SSSR count). The van der Waals surface area contributed by atoms with Gasteiger partial charge in [0.25, 0.3) is 5.91 Å². The molecular formula is C12H20N4O. The largest absolute Gasteiger partial charge is 0.347 e. The minimum absolute atomic E-state index is 0.0816. The van der Waals surface area contributed by atoms with E-state index in [0.717, 1.165) is 31.6 Å². The molecule has 0 bridgehead atoms. The zero-order valence-corrected chi connectivity index (χ0v) is 10.4. The van der Waals surface area contributed by atoms with Gasteiger partial charge in [-0.15, -0.1) is 0 Å². The summed E-state index contributed by atoms with van der Waals surface area (Å²) in [5.74, 6) is 0.280. The summed E-state index contributed by atoms with van der Waals surface area (Å²) in [5, 5.41) is 13.2. The second-order valence-corrected chi connectivity index (χ2v) is 4.88. The van der Waals surface area contributed by atoms with Crippen molar-refractivity contribution in [1.82, 2.24) is 20.8 Å². The van der Waals surface area contributed by atoms with Gasteiger partial charge in [0.15, 0.2) is 0 Å². The van der Waals surface area contributed by atoms with Crippen molar-refractivity contribution < 1.29 is 4.79 Å². The Morgan fingerprint density at radius 2 is 2.41 bits per heavy atom. The fraction of sp³-hybridized carbons (Fsp3) is 0.667. The van der Waals surface area contributed by atoms with E-state index >= 15 is 0 Å². The number of aromatic amines is 1. The molecule has 0 unspecified atom stereocenters. The van der Waals surface area contributed by atoms with Gasteiger partial charge in [0.1, 0.15) is 5.69 Å². The molecule has 1 aliphatic rings. The molecule has 0 aromatic carbocycles. The number of amides is 1. The molecule has 2 heterocycles. The molecule has 1 amide bonds. The predicted octanol–water partition coefficient (Wildman–Crippen LogP) is 1.01. The Morgan fingerprint density at radius 3 is 3.00 bits per heavy atom.